The SMILES string of the molecule is COc1c(CNCC2(c3ccccc3)CCOCC2)c(C)nn1C. The second-order valence-electron chi connectivity index (χ2n) is 6.56. The van der Waals surface area contributed by atoms with Gasteiger partial charge in [0.15, 0.2) is 0 Å². The van der Waals surface area contributed by atoms with E-state index in [-0.39, 0.29) is 5.41 Å². The maximum atomic E-state index is 5.61. The Balaban J connectivity index is 1.73. The molecule has 1 saturated heterocycles. The predicted octanol–water partition coefficient (Wildman–Crippen LogP) is 2.58. The van der Waals surface area contributed by atoms with E-state index in [4.69, 9.17) is 9.47 Å². The molecule has 0 spiro atoms. The molecule has 0 amide bonds. The predicted molar refractivity (Wildman–Crippen MR) is 94.4 cm³/mol. The molecule has 1 N–H and O–H groups in total. The Morgan fingerprint density at radius 3 is 2.62 bits per heavy atom. The average Bonchev–Trinajstić information content (AvgIpc) is 2.89. The van der Waals surface area contributed by atoms with Gasteiger partial charge in [0.25, 0.3) is 0 Å². The Morgan fingerprint density at radius 2 is 1.96 bits per heavy atom. The van der Waals surface area contributed by atoms with Gasteiger partial charge in [-0.25, -0.2) is 4.68 Å². The number of methoxy groups -OCH3 is 1. The highest BCUT2D eigenvalue weighted by Crippen LogP contribution is 2.34. The van der Waals surface area contributed by atoms with Crippen molar-refractivity contribution < 1.29 is 9.47 Å². The Kier molecular flexibility index (Phi) is 5.21. The van der Waals surface area contributed by atoms with Crippen molar-refractivity contribution in [1.29, 1.82) is 0 Å². The van der Waals surface area contributed by atoms with Crippen LogP contribution in [0.1, 0.15) is 29.7 Å². The zero-order valence-corrected chi connectivity index (χ0v) is 14.8. The number of benzene rings is 1. The van der Waals surface area contributed by atoms with Gasteiger partial charge < -0.3 is 14.8 Å². The first-order chi connectivity index (χ1) is 11.7. The van der Waals surface area contributed by atoms with E-state index in [1.165, 1.54) is 5.56 Å². The number of rotatable bonds is 6. The molecule has 0 saturated carbocycles. The molecule has 3 rings (SSSR count). The quantitative estimate of drug-likeness (QED) is 0.885. The third kappa shape index (κ3) is 3.32. The molecule has 1 aliphatic heterocycles. The maximum absolute atomic E-state index is 5.61. The number of ether oxygens (including phenoxy) is 2. The second kappa shape index (κ2) is 7.36. The van der Waals surface area contributed by atoms with Crippen LogP contribution in [0.3, 0.4) is 0 Å². The third-order valence-electron chi connectivity index (χ3n) is 5.08. The van der Waals surface area contributed by atoms with E-state index in [0.717, 1.165) is 56.3 Å². The summed E-state index contributed by atoms with van der Waals surface area (Å²) in [7, 11) is 3.61. The van der Waals surface area contributed by atoms with Crippen LogP contribution in [0.4, 0.5) is 0 Å². The van der Waals surface area contributed by atoms with Gasteiger partial charge in [-0.15, -0.1) is 0 Å². The minimum absolute atomic E-state index is 0.142. The van der Waals surface area contributed by atoms with Crippen molar-refractivity contribution >= 4 is 0 Å². The molecule has 2 aromatic rings. The molecule has 0 atom stereocenters. The van der Waals surface area contributed by atoms with Gasteiger partial charge in [0.2, 0.25) is 5.88 Å². The van der Waals surface area contributed by atoms with E-state index in [9.17, 15) is 0 Å². The van der Waals surface area contributed by atoms with Gasteiger partial charge in [-0.3, -0.25) is 0 Å². The molecule has 5 heteroatoms. The summed E-state index contributed by atoms with van der Waals surface area (Å²) in [6.45, 7) is 5.37. The molecule has 130 valence electrons. The molecule has 1 aromatic carbocycles. The molecule has 1 aliphatic rings. The van der Waals surface area contributed by atoms with Crippen LogP contribution in [-0.4, -0.2) is 36.6 Å². The highest BCUT2D eigenvalue weighted by Gasteiger charge is 2.34. The Hall–Kier alpha value is -1.85. The molecule has 5 nitrogen and oxygen atoms in total. The molecule has 2 heterocycles. The maximum Gasteiger partial charge on any atom is 0.216 e. The normalized spacial score (nSPS) is 17.0. The summed E-state index contributed by atoms with van der Waals surface area (Å²) >= 11 is 0. The fourth-order valence-corrected chi connectivity index (χ4v) is 3.69. The second-order valence-corrected chi connectivity index (χ2v) is 6.56. The molecule has 0 radical (unpaired) electrons. The van der Waals surface area contributed by atoms with Crippen LogP contribution in [0.25, 0.3) is 0 Å². The summed E-state index contributed by atoms with van der Waals surface area (Å²) in [5.74, 6) is 0.834. The summed E-state index contributed by atoms with van der Waals surface area (Å²) in [6, 6.07) is 10.8. The molecule has 24 heavy (non-hydrogen) atoms. The smallest absolute Gasteiger partial charge is 0.216 e. The number of hydrogen-bond donors (Lipinski definition) is 1. The monoisotopic (exact) mass is 329 g/mol. The molecule has 1 fully saturated rings. The van der Waals surface area contributed by atoms with Gasteiger partial charge in [-0.05, 0) is 25.3 Å². The summed E-state index contributed by atoms with van der Waals surface area (Å²) in [6.07, 6.45) is 2.10. The van der Waals surface area contributed by atoms with Gasteiger partial charge in [0, 0.05) is 38.8 Å². The fourth-order valence-electron chi connectivity index (χ4n) is 3.69. The summed E-state index contributed by atoms with van der Waals surface area (Å²) in [4.78, 5) is 0. The van der Waals surface area contributed by atoms with Crippen molar-refractivity contribution in [2.24, 2.45) is 7.05 Å². The molecule has 1 aromatic heterocycles. The number of aryl methyl sites for hydroxylation is 2. The van der Waals surface area contributed by atoms with Crippen LogP contribution < -0.4 is 10.1 Å². The van der Waals surface area contributed by atoms with Crippen LogP contribution in [-0.2, 0) is 23.7 Å². The lowest BCUT2D eigenvalue weighted by Crippen LogP contribution is -2.42. The van der Waals surface area contributed by atoms with Gasteiger partial charge in [0.1, 0.15) is 0 Å². The Morgan fingerprint density at radius 1 is 1.25 bits per heavy atom. The van der Waals surface area contributed by atoms with Gasteiger partial charge in [-0.1, -0.05) is 30.3 Å². The lowest BCUT2D eigenvalue weighted by molar-refractivity contribution is 0.0497. The molecule has 0 bridgehead atoms. The number of nitrogens with one attached hydrogen (secondary N) is 1. The summed E-state index contributed by atoms with van der Waals surface area (Å²) in [5.41, 5.74) is 3.69. The van der Waals surface area contributed by atoms with E-state index in [0.29, 0.717) is 0 Å². The summed E-state index contributed by atoms with van der Waals surface area (Å²) < 4.78 is 12.9. The van der Waals surface area contributed by atoms with Crippen LogP contribution in [0.2, 0.25) is 0 Å². The standard InChI is InChI=1S/C19H27N3O2/c1-15-17(18(23-3)22(2)21-15)13-20-14-19(9-11-24-12-10-19)16-7-5-4-6-8-16/h4-8,20H,9-14H2,1-3H3. The Labute approximate surface area is 144 Å². The zero-order valence-electron chi connectivity index (χ0n) is 14.8. The highest BCUT2D eigenvalue weighted by atomic mass is 16.5. The van der Waals surface area contributed by atoms with Crippen molar-refractivity contribution in [3.63, 3.8) is 0 Å². The van der Waals surface area contributed by atoms with Crippen LogP contribution in [0, 0.1) is 6.92 Å². The first kappa shape index (κ1) is 17.0. The van der Waals surface area contributed by atoms with Gasteiger partial charge in [0.05, 0.1) is 18.4 Å². The van der Waals surface area contributed by atoms with Crippen molar-refractivity contribution in [2.75, 3.05) is 26.9 Å². The molecular formula is C19H27N3O2. The fraction of sp³-hybridized carbons (Fsp3) is 0.526. The highest BCUT2D eigenvalue weighted by molar-refractivity contribution is 5.31. The topological polar surface area (TPSA) is 48.3 Å². The first-order valence-electron chi connectivity index (χ1n) is 8.57. The molecule has 0 aliphatic carbocycles. The van der Waals surface area contributed by atoms with Gasteiger partial charge in [-0.2, -0.15) is 5.10 Å². The summed E-state index contributed by atoms with van der Waals surface area (Å²) in [5, 5.41) is 8.11. The lowest BCUT2D eigenvalue weighted by Gasteiger charge is -2.38. The van der Waals surface area contributed by atoms with E-state index in [1.54, 1.807) is 11.8 Å². The third-order valence-corrected chi connectivity index (χ3v) is 5.08. The molecule has 0 unspecified atom stereocenters. The Bertz CT molecular complexity index is 661. The first-order valence-corrected chi connectivity index (χ1v) is 8.57. The molecular weight excluding hydrogens is 302 g/mol. The average molecular weight is 329 g/mol. The largest absolute Gasteiger partial charge is 0.481 e. The zero-order chi connectivity index (χ0) is 17.0. The van der Waals surface area contributed by atoms with Gasteiger partial charge >= 0.3 is 0 Å². The van der Waals surface area contributed by atoms with E-state index >= 15 is 0 Å². The van der Waals surface area contributed by atoms with E-state index in [1.807, 2.05) is 14.0 Å². The van der Waals surface area contributed by atoms with Crippen LogP contribution in [0.15, 0.2) is 30.3 Å². The number of nitrogens with zero attached hydrogens (tertiary/aromatic N) is 2. The van der Waals surface area contributed by atoms with Crippen molar-refractivity contribution in [3.8, 4) is 5.88 Å². The number of hydrogen-bond acceptors (Lipinski definition) is 4. The van der Waals surface area contributed by atoms with E-state index in [2.05, 4.69) is 40.7 Å². The van der Waals surface area contributed by atoms with Crippen molar-refractivity contribution in [2.45, 2.75) is 31.7 Å². The van der Waals surface area contributed by atoms with Crippen molar-refractivity contribution in [1.82, 2.24) is 15.1 Å². The minimum atomic E-state index is 0.142. The van der Waals surface area contributed by atoms with Crippen molar-refractivity contribution in [3.05, 3.63) is 47.2 Å². The van der Waals surface area contributed by atoms with Crippen LogP contribution >= 0.6 is 0 Å². The van der Waals surface area contributed by atoms with E-state index < -0.39 is 0 Å². The lowest BCUT2D eigenvalue weighted by atomic mass is 9.74. The number of aromatic nitrogens is 2. The minimum Gasteiger partial charge on any atom is -0.481 e. The van der Waals surface area contributed by atoms with Crippen LogP contribution in [0.5, 0.6) is 5.88 Å².